The van der Waals surface area contributed by atoms with Crippen LogP contribution in [0.15, 0.2) is 0 Å². The van der Waals surface area contributed by atoms with Crippen LogP contribution >= 0.6 is 11.6 Å². The molecule has 0 saturated heterocycles. The van der Waals surface area contributed by atoms with Gasteiger partial charge in [0.25, 0.3) is 10.0 Å². The fourth-order valence-corrected chi connectivity index (χ4v) is 0.348. The summed E-state index contributed by atoms with van der Waals surface area (Å²) in [6, 6.07) is 0. The first-order valence-electron chi connectivity index (χ1n) is 1.91. The molecule has 0 aliphatic carbocycles. The molecule has 0 saturated carbocycles. The van der Waals surface area contributed by atoms with Gasteiger partial charge < -0.3 is 5.73 Å². The highest BCUT2D eigenvalue weighted by molar-refractivity contribution is 7.91. The van der Waals surface area contributed by atoms with Gasteiger partial charge in [0.15, 0.2) is 0 Å². The molecule has 0 aromatic carbocycles. The zero-order chi connectivity index (χ0) is 7.71. The number of sulfonamides is 1. The Morgan fingerprint density at radius 1 is 1.67 bits per heavy atom. The summed E-state index contributed by atoms with van der Waals surface area (Å²) in [6.45, 7) is -0.854. The Morgan fingerprint density at radius 3 is 2.00 bits per heavy atom. The lowest BCUT2D eigenvalue weighted by Gasteiger charge is -2.10. The number of rotatable bonds is 2. The minimum absolute atomic E-state index is 0.854. The SMILES string of the molecule is NCC(F)(Cl)S(N)(=O)=O. The second kappa shape index (κ2) is 2.37. The molecule has 1 unspecified atom stereocenters. The fourth-order valence-electron chi connectivity index (χ4n) is 0.116. The molecule has 0 amide bonds. The third-order valence-electron chi connectivity index (χ3n) is 0.654. The summed E-state index contributed by atoms with van der Waals surface area (Å²) in [6.07, 6.45) is 0. The van der Waals surface area contributed by atoms with Crippen LogP contribution in [0.5, 0.6) is 0 Å². The van der Waals surface area contributed by atoms with Gasteiger partial charge in [-0.15, -0.1) is 0 Å². The van der Waals surface area contributed by atoms with Gasteiger partial charge in [0.2, 0.25) is 0 Å². The lowest BCUT2D eigenvalue weighted by atomic mass is 10.8. The molecule has 0 radical (unpaired) electrons. The van der Waals surface area contributed by atoms with Gasteiger partial charge >= 0.3 is 4.46 Å². The second-order valence-corrected chi connectivity index (χ2v) is 3.95. The van der Waals surface area contributed by atoms with Gasteiger partial charge in [0.05, 0.1) is 6.54 Å². The normalized spacial score (nSPS) is 19.1. The van der Waals surface area contributed by atoms with Crippen LogP contribution in [0, 0.1) is 0 Å². The van der Waals surface area contributed by atoms with Crippen LogP contribution in [0.25, 0.3) is 0 Å². The van der Waals surface area contributed by atoms with Crippen molar-refractivity contribution in [3.05, 3.63) is 0 Å². The molecule has 56 valence electrons. The van der Waals surface area contributed by atoms with Crippen LogP contribution < -0.4 is 10.9 Å². The summed E-state index contributed by atoms with van der Waals surface area (Å²) in [4.78, 5) is 0. The Morgan fingerprint density at radius 2 is 2.00 bits per heavy atom. The van der Waals surface area contributed by atoms with E-state index < -0.39 is 21.0 Å². The van der Waals surface area contributed by atoms with E-state index in [4.69, 9.17) is 11.6 Å². The summed E-state index contributed by atoms with van der Waals surface area (Å²) in [5.41, 5.74) is 4.63. The van der Waals surface area contributed by atoms with Gasteiger partial charge in [0, 0.05) is 0 Å². The highest BCUT2D eigenvalue weighted by Crippen LogP contribution is 2.19. The lowest BCUT2D eigenvalue weighted by Crippen LogP contribution is -2.40. The Kier molecular flexibility index (Phi) is 2.40. The molecule has 4 nitrogen and oxygen atoms in total. The van der Waals surface area contributed by atoms with Crippen molar-refractivity contribution in [3.63, 3.8) is 0 Å². The Bertz CT molecular complexity index is 189. The van der Waals surface area contributed by atoms with E-state index in [9.17, 15) is 12.8 Å². The number of primary sulfonamides is 1. The summed E-state index contributed by atoms with van der Waals surface area (Å²) in [5, 5.41) is 4.31. The van der Waals surface area contributed by atoms with Crippen LogP contribution in [0.2, 0.25) is 0 Å². The molecule has 0 fully saturated rings. The van der Waals surface area contributed by atoms with Gasteiger partial charge in [-0.1, -0.05) is 11.6 Å². The molecule has 0 aliphatic rings. The average molecular weight is 177 g/mol. The zero-order valence-electron chi connectivity index (χ0n) is 4.34. The van der Waals surface area contributed by atoms with Crippen molar-refractivity contribution < 1.29 is 12.8 Å². The van der Waals surface area contributed by atoms with Crippen LogP contribution in [0.4, 0.5) is 4.39 Å². The Labute approximate surface area is 57.0 Å². The van der Waals surface area contributed by atoms with E-state index in [0.717, 1.165) is 0 Å². The third-order valence-corrected chi connectivity index (χ3v) is 2.45. The summed E-state index contributed by atoms with van der Waals surface area (Å²) < 4.78 is 29.4. The molecule has 0 aromatic rings. The maximum absolute atomic E-state index is 12.3. The van der Waals surface area contributed by atoms with E-state index >= 15 is 0 Å². The molecule has 0 rings (SSSR count). The van der Waals surface area contributed by atoms with Gasteiger partial charge in [-0.3, -0.25) is 0 Å². The zero-order valence-corrected chi connectivity index (χ0v) is 5.91. The van der Waals surface area contributed by atoms with Crippen LogP contribution in [-0.2, 0) is 10.0 Å². The van der Waals surface area contributed by atoms with E-state index in [1.54, 1.807) is 0 Å². The maximum Gasteiger partial charge on any atom is 0.308 e. The smallest absolute Gasteiger partial charge is 0.308 e. The van der Waals surface area contributed by atoms with Crippen LogP contribution in [-0.4, -0.2) is 19.4 Å². The van der Waals surface area contributed by atoms with E-state index in [-0.39, 0.29) is 0 Å². The molecule has 0 aliphatic heterocycles. The molecule has 0 heterocycles. The summed E-state index contributed by atoms with van der Waals surface area (Å²) in [5.74, 6) is 0. The van der Waals surface area contributed by atoms with Crippen LogP contribution in [0.1, 0.15) is 0 Å². The first-order valence-corrected chi connectivity index (χ1v) is 3.84. The molecule has 1 atom stereocenters. The standard InChI is InChI=1S/C2H6ClFN2O2S/c3-2(4,1-5)9(6,7)8/h1,5H2,(H2,6,7,8). The number of alkyl halides is 2. The molecule has 0 aromatic heterocycles. The van der Waals surface area contributed by atoms with Crippen molar-refractivity contribution in [2.45, 2.75) is 4.46 Å². The summed E-state index contributed by atoms with van der Waals surface area (Å²) in [7, 11) is -4.38. The molecular formula is C2H6ClFN2O2S. The van der Waals surface area contributed by atoms with Gasteiger partial charge in [0.1, 0.15) is 0 Å². The largest absolute Gasteiger partial charge is 0.326 e. The van der Waals surface area contributed by atoms with E-state index in [2.05, 4.69) is 10.9 Å². The van der Waals surface area contributed by atoms with Crippen LogP contribution in [0.3, 0.4) is 0 Å². The molecular weight excluding hydrogens is 171 g/mol. The van der Waals surface area contributed by atoms with Gasteiger partial charge in [-0.05, 0) is 0 Å². The lowest BCUT2D eigenvalue weighted by molar-refractivity contribution is 0.380. The molecule has 0 bridgehead atoms. The van der Waals surface area contributed by atoms with Crippen molar-refractivity contribution in [1.29, 1.82) is 0 Å². The third kappa shape index (κ3) is 2.05. The predicted octanol–water partition coefficient (Wildman–Crippen LogP) is -0.904. The highest BCUT2D eigenvalue weighted by atomic mass is 35.5. The topological polar surface area (TPSA) is 86.2 Å². The van der Waals surface area contributed by atoms with Gasteiger partial charge in [-0.2, -0.15) is 0 Å². The molecule has 0 spiro atoms. The van der Waals surface area contributed by atoms with E-state index in [0.29, 0.717) is 0 Å². The Balaban J connectivity index is 4.56. The minimum atomic E-state index is -4.38. The number of halogens is 2. The van der Waals surface area contributed by atoms with E-state index in [1.807, 2.05) is 0 Å². The predicted molar refractivity (Wildman–Crippen MR) is 31.9 cm³/mol. The number of hydrogen-bond donors (Lipinski definition) is 2. The van der Waals surface area contributed by atoms with Crippen molar-refractivity contribution in [2.75, 3.05) is 6.54 Å². The van der Waals surface area contributed by atoms with Crippen molar-refractivity contribution >= 4 is 21.6 Å². The van der Waals surface area contributed by atoms with Crippen molar-refractivity contribution in [2.24, 2.45) is 10.9 Å². The molecule has 7 heteroatoms. The second-order valence-electron chi connectivity index (χ2n) is 1.39. The minimum Gasteiger partial charge on any atom is -0.326 e. The number of nitrogens with two attached hydrogens (primary N) is 2. The number of hydrogen-bond acceptors (Lipinski definition) is 3. The fraction of sp³-hybridized carbons (Fsp3) is 1.00. The molecule has 9 heavy (non-hydrogen) atoms. The quantitative estimate of drug-likeness (QED) is 0.535. The first-order chi connectivity index (χ1) is 3.81. The Hall–Kier alpha value is 0.0900. The van der Waals surface area contributed by atoms with Gasteiger partial charge in [-0.25, -0.2) is 17.9 Å². The average Bonchev–Trinajstić information content (AvgIpc) is 1.64. The first kappa shape index (κ1) is 9.09. The van der Waals surface area contributed by atoms with Crippen molar-refractivity contribution in [1.82, 2.24) is 0 Å². The van der Waals surface area contributed by atoms with E-state index in [1.165, 1.54) is 0 Å². The maximum atomic E-state index is 12.3. The monoisotopic (exact) mass is 176 g/mol. The molecule has 4 N–H and O–H groups in total. The summed E-state index contributed by atoms with van der Waals surface area (Å²) >= 11 is 4.69. The highest BCUT2D eigenvalue weighted by Gasteiger charge is 2.37. The van der Waals surface area contributed by atoms with Crippen molar-refractivity contribution in [3.8, 4) is 0 Å².